The van der Waals surface area contributed by atoms with Gasteiger partial charge in [0.2, 0.25) is 0 Å². The lowest BCUT2D eigenvalue weighted by atomic mass is 10.1. The van der Waals surface area contributed by atoms with Gasteiger partial charge in [-0.25, -0.2) is 4.68 Å². The molecule has 1 saturated heterocycles. The first-order chi connectivity index (χ1) is 11.7. The third-order valence-corrected chi connectivity index (χ3v) is 4.88. The second kappa shape index (κ2) is 6.36. The van der Waals surface area contributed by atoms with Crippen molar-refractivity contribution in [2.24, 2.45) is 0 Å². The van der Waals surface area contributed by atoms with Gasteiger partial charge in [0.1, 0.15) is 0 Å². The summed E-state index contributed by atoms with van der Waals surface area (Å²) in [6.45, 7) is 4.84. The summed E-state index contributed by atoms with van der Waals surface area (Å²) in [5.74, 6) is 0. The molecule has 1 atom stereocenters. The van der Waals surface area contributed by atoms with Crippen molar-refractivity contribution in [1.82, 2.24) is 14.8 Å². The molecule has 126 valence electrons. The van der Waals surface area contributed by atoms with Crippen molar-refractivity contribution in [1.29, 1.82) is 0 Å². The molecule has 6 heteroatoms. The van der Waals surface area contributed by atoms with Gasteiger partial charge >= 0.3 is 0 Å². The average molecular weight is 326 g/mol. The molecule has 0 amide bonds. The summed E-state index contributed by atoms with van der Waals surface area (Å²) < 4.78 is 7.05. The highest BCUT2D eigenvalue weighted by Crippen LogP contribution is 2.26. The van der Waals surface area contributed by atoms with Crippen LogP contribution in [-0.2, 0) is 24.3 Å². The Balaban J connectivity index is 1.59. The summed E-state index contributed by atoms with van der Waals surface area (Å²) in [6, 6.07) is 6.15. The van der Waals surface area contributed by atoms with Crippen molar-refractivity contribution in [2.45, 2.75) is 45.4 Å². The van der Waals surface area contributed by atoms with Crippen molar-refractivity contribution in [3.63, 3.8) is 0 Å². The zero-order chi connectivity index (χ0) is 16.5. The highest BCUT2D eigenvalue weighted by Gasteiger charge is 2.26. The van der Waals surface area contributed by atoms with Crippen LogP contribution in [0.15, 0.2) is 29.2 Å². The maximum Gasteiger partial charge on any atom is 0.267 e. The molecule has 0 N–H and O–H groups in total. The highest BCUT2D eigenvalue weighted by molar-refractivity contribution is 5.48. The fourth-order valence-corrected chi connectivity index (χ4v) is 3.66. The number of hydrogen-bond donors (Lipinski definition) is 0. The Bertz CT molecular complexity index is 802. The summed E-state index contributed by atoms with van der Waals surface area (Å²) in [5.41, 5.74) is 4.12. The van der Waals surface area contributed by atoms with Crippen LogP contribution in [0.5, 0.6) is 0 Å². The summed E-state index contributed by atoms with van der Waals surface area (Å²) in [4.78, 5) is 19.0. The van der Waals surface area contributed by atoms with E-state index in [0.717, 1.165) is 42.8 Å². The van der Waals surface area contributed by atoms with Gasteiger partial charge in [-0.1, -0.05) is 0 Å². The van der Waals surface area contributed by atoms with Crippen molar-refractivity contribution >= 4 is 5.69 Å². The molecule has 2 aliphatic heterocycles. The number of nitrogens with zero attached hydrogens (tertiary/aromatic N) is 4. The summed E-state index contributed by atoms with van der Waals surface area (Å²) in [5, 5.41) is 4.61. The average Bonchev–Trinajstić information content (AvgIpc) is 3.04. The molecule has 2 aromatic heterocycles. The van der Waals surface area contributed by atoms with Crippen LogP contribution in [0, 0.1) is 6.92 Å². The Labute approximate surface area is 141 Å². The molecule has 24 heavy (non-hydrogen) atoms. The van der Waals surface area contributed by atoms with Gasteiger partial charge in [-0.05, 0) is 31.9 Å². The minimum atomic E-state index is -0.0305. The zero-order valence-electron chi connectivity index (χ0n) is 13.9. The van der Waals surface area contributed by atoms with E-state index in [0.29, 0.717) is 25.8 Å². The van der Waals surface area contributed by atoms with Crippen LogP contribution in [0.3, 0.4) is 0 Å². The van der Waals surface area contributed by atoms with Gasteiger partial charge in [-0.15, -0.1) is 0 Å². The van der Waals surface area contributed by atoms with Crippen LogP contribution in [0.4, 0.5) is 5.69 Å². The Morgan fingerprint density at radius 1 is 1.38 bits per heavy atom. The van der Waals surface area contributed by atoms with Crippen molar-refractivity contribution < 1.29 is 4.74 Å². The molecule has 0 bridgehead atoms. The smallest absolute Gasteiger partial charge is 0.267 e. The maximum absolute atomic E-state index is 12.4. The van der Waals surface area contributed by atoms with E-state index in [4.69, 9.17) is 4.74 Å². The first-order valence-corrected chi connectivity index (χ1v) is 8.58. The highest BCUT2D eigenvalue weighted by atomic mass is 16.5. The van der Waals surface area contributed by atoms with Crippen molar-refractivity contribution in [2.75, 3.05) is 18.1 Å². The van der Waals surface area contributed by atoms with Gasteiger partial charge in [0, 0.05) is 48.2 Å². The van der Waals surface area contributed by atoms with Gasteiger partial charge in [0.25, 0.3) is 5.56 Å². The summed E-state index contributed by atoms with van der Waals surface area (Å²) in [7, 11) is 0. The van der Waals surface area contributed by atoms with E-state index >= 15 is 0 Å². The molecular weight excluding hydrogens is 304 g/mol. The molecule has 4 heterocycles. The number of fused-ring (bicyclic) bond motifs is 1. The fourth-order valence-electron chi connectivity index (χ4n) is 3.66. The third-order valence-electron chi connectivity index (χ3n) is 4.88. The second-order valence-electron chi connectivity index (χ2n) is 6.58. The molecule has 2 aliphatic rings. The predicted molar refractivity (Wildman–Crippen MR) is 91.2 cm³/mol. The van der Waals surface area contributed by atoms with Crippen molar-refractivity contribution in [3.05, 3.63) is 51.7 Å². The van der Waals surface area contributed by atoms with E-state index in [9.17, 15) is 4.79 Å². The van der Waals surface area contributed by atoms with Gasteiger partial charge in [-0.2, -0.15) is 5.10 Å². The van der Waals surface area contributed by atoms with E-state index < -0.39 is 0 Å². The molecule has 0 spiro atoms. The van der Waals surface area contributed by atoms with E-state index in [1.807, 2.05) is 19.2 Å². The van der Waals surface area contributed by atoms with E-state index in [-0.39, 0.29) is 5.56 Å². The topological polar surface area (TPSA) is 60.2 Å². The lowest BCUT2D eigenvalue weighted by molar-refractivity contribution is 0.108. The van der Waals surface area contributed by atoms with Gasteiger partial charge < -0.3 is 9.64 Å². The van der Waals surface area contributed by atoms with Gasteiger partial charge in [0.15, 0.2) is 0 Å². The Morgan fingerprint density at radius 3 is 3.17 bits per heavy atom. The zero-order valence-corrected chi connectivity index (χ0v) is 13.9. The first-order valence-electron chi connectivity index (χ1n) is 8.58. The second-order valence-corrected chi connectivity index (χ2v) is 6.58. The van der Waals surface area contributed by atoms with Gasteiger partial charge in [-0.3, -0.25) is 9.78 Å². The predicted octanol–water partition coefficient (Wildman–Crippen LogP) is 1.69. The van der Waals surface area contributed by atoms with Crippen LogP contribution in [-0.4, -0.2) is 34.0 Å². The molecule has 0 saturated carbocycles. The first kappa shape index (κ1) is 15.3. The largest absolute Gasteiger partial charge is 0.376 e. The lowest BCUT2D eigenvalue weighted by Gasteiger charge is -2.27. The molecule has 0 aromatic carbocycles. The van der Waals surface area contributed by atoms with E-state index in [2.05, 4.69) is 21.0 Å². The number of pyridine rings is 1. The number of ether oxygens (including phenoxy) is 1. The van der Waals surface area contributed by atoms with Crippen LogP contribution in [0.1, 0.15) is 29.8 Å². The molecular formula is C18H22N4O2. The third kappa shape index (κ3) is 2.94. The van der Waals surface area contributed by atoms with E-state index in [1.165, 1.54) is 5.69 Å². The van der Waals surface area contributed by atoms with Crippen LogP contribution < -0.4 is 10.5 Å². The monoisotopic (exact) mass is 326 g/mol. The molecule has 2 aromatic rings. The SMILES string of the molecule is Cc1cc(N2CCCC2Cn2nc3c(cc2=O)COCC3)ccn1. The van der Waals surface area contributed by atoms with Crippen molar-refractivity contribution in [3.8, 4) is 0 Å². The Morgan fingerprint density at radius 2 is 2.29 bits per heavy atom. The molecule has 4 rings (SSSR count). The molecule has 6 nitrogen and oxygen atoms in total. The van der Waals surface area contributed by atoms with Crippen LogP contribution in [0.25, 0.3) is 0 Å². The van der Waals surface area contributed by atoms with Crippen LogP contribution in [0.2, 0.25) is 0 Å². The number of hydrogen-bond acceptors (Lipinski definition) is 5. The van der Waals surface area contributed by atoms with E-state index in [1.54, 1.807) is 10.7 Å². The maximum atomic E-state index is 12.4. The number of aromatic nitrogens is 3. The van der Waals surface area contributed by atoms with Crippen LogP contribution >= 0.6 is 0 Å². The lowest BCUT2D eigenvalue weighted by Crippen LogP contribution is -2.38. The number of anilines is 1. The minimum Gasteiger partial charge on any atom is -0.376 e. The summed E-state index contributed by atoms with van der Waals surface area (Å²) >= 11 is 0. The molecule has 1 unspecified atom stereocenters. The minimum absolute atomic E-state index is 0.0305. The molecule has 1 fully saturated rings. The standard InChI is InChI=1S/C18H22N4O2/c1-13-9-15(4-6-19-13)21-7-2-3-16(21)11-22-18(23)10-14-12-24-8-5-17(14)20-22/h4,6,9-10,16H,2-3,5,7-8,11-12H2,1H3. The Hall–Kier alpha value is -2.21. The normalized spacial score (nSPS) is 20.2. The quantitative estimate of drug-likeness (QED) is 0.859. The Kier molecular flexibility index (Phi) is 4.06. The molecule has 0 radical (unpaired) electrons. The molecule has 0 aliphatic carbocycles. The fraction of sp³-hybridized carbons (Fsp3) is 0.500. The summed E-state index contributed by atoms with van der Waals surface area (Å²) in [6.07, 6.45) is 4.85. The number of rotatable bonds is 3. The number of aryl methyl sites for hydroxylation is 1. The van der Waals surface area contributed by atoms with Gasteiger partial charge in [0.05, 0.1) is 25.5 Å².